The van der Waals surface area contributed by atoms with Crippen LogP contribution in [0.5, 0.6) is 0 Å². The summed E-state index contributed by atoms with van der Waals surface area (Å²) in [6.07, 6.45) is 0. The van der Waals surface area contributed by atoms with Gasteiger partial charge in [-0.15, -0.1) is 0 Å². The van der Waals surface area contributed by atoms with E-state index in [1.54, 1.807) is 13.0 Å². The van der Waals surface area contributed by atoms with Crippen molar-refractivity contribution in [2.24, 2.45) is 0 Å². The normalized spacial score (nSPS) is 10.8. The largest absolute Gasteiger partial charge is 0.271 e. The van der Waals surface area contributed by atoms with E-state index in [0.29, 0.717) is 11.2 Å². The molecule has 0 aliphatic carbocycles. The molecule has 0 fully saturated rings. The molecule has 0 N–H and O–H groups in total. The Kier molecular flexibility index (Phi) is 2.07. The molecule has 4 heteroatoms. The highest BCUT2D eigenvalue weighted by molar-refractivity contribution is 7.78. The summed E-state index contributed by atoms with van der Waals surface area (Å²) in [6.45, 7) is 3.73. The Labute approximate surface area is 86.9 Å². The van der Waals surface area contributed by atoms with Gasteiger partial charge in [0.15, 0.2) is 0 Å². The smallest absolute Gasteiger partial charge is 0.268 e. The number of benzene rings is 1. The average molecular weight is 206 g/mol. The molecule has 2 rings (SSSR count). The van der Waals surface area contributed by atoms with Crippen LogP contribution in [-0.2, 0) is 0 Å². The zero-order valence-corrected chi connectivity index (χ0v) is 8.88. The van der Waals surface area contributed by atoms with Gasteiger partial charge in [0.05, 0.1) is 10.9 Å². The minimum atomic E-state index is -0.115. The summed E-state index contributed by atoms with van der Waals surface area (Å²) in [5.41, 5.74) is 1.72. The molecule has 0 amide bonds. The number of hydrogen-bond donors (Lipinski definition) is 1. The molecule has 14 heavy (non-hydrogen) atoms. The highest BCUT2D eigenvalue weighted by Crippen LogP contribution is 2.10. The first-order valence-electron chi connectivity index (χ1n) is 4.29. The van der Waals surface area contributed by atoms with E-state index in [1.165, 1.54) is 3.97 Å². The fourth-order valence-corrected chi connectivity index (χ4v) is 1.55. The van der Waals surface area contributed by atoms with Gasteiger partial charge in [0, 0.05) is 0 Å². The summed E-state index contributed by atoms with van der Waals surface area (Å²) in [6, 6.07) is 5.58. The van der Waals surface area contributed by atoms with Gasteiger partial charge in [-0.25, -0.2) is 8.96 Å². The predicted octanol–water partition coefficient (Wildman–Crippen LogP) is 1.71. The monoisotopic (exact) mass is 206 g/mol. The van der Waals surface area contributed by atoms with E-state index < -0.39 is 0 Å². The van der Waals surface area contributed by atoms with Gasteiger partial charge in [-0.1, -0.05) is 18.9 Å². The number of aromatic nitrogens is 2. The lowest BCUT2D eigenvalue weighted by Crippen LogP contribution is -2.16. The Hall–Kier alpha value is -1.29. The van der Waals surface area contributed by atoms with Crippen LogP contribution in [0.2, 0.25) is 0 Å². The molecule has 1 heterocycles. The Morgan fingerprint density at radius 2 is 2.07 bits per heavy atom. The molecule has 0 bridgehead atoms. The molecule has 3 nitrogen and oxygen atoms in total. The lowest BCUT2D eigenvalue weighted by atomic mass is 10.2. The van der Waals surface area contributed by atoms with Crippen LogP contribution in [0.4, 0.5) is 0 Å². The van der Waals surface area contributed by atoms with Crippen molar-refractivity contribution in [1.29, 1.82) is 0 Å². The van der Waals surface area contributed by atoms with E-state index in [1.807, 2.05) is 19.1 Å². The number of aryl methyl sites for hydroxylation is 2. The van der Waals surface area contributed by atoms with Crippen LogP contribution in [0.25, 0.3) is 10.9 Å². The van der Waals surface area contributed by atoms with Crippen molar-refractivity contribution in [2.45, 2.75) is 13.8 Å². The second kappa shape index (κ2) is 3.13. The molecular formula is C10H10N2OS. The molecule has 0 aliphatic heterocycles. The third-order valence-electron chi connectivity index (χ3n) is 2.16. The fourth-order valence-electron chi connectivity index (χ4n) is 1.40. The van der Waals surface area contributed by atoms with Crippen molar-refractivity contribution < 1.29 is 0 Å². The zero-order chi connectivity index (χ0) is 10.3. The zero-order valence-electron chi connectivity index (χ0n) is 7.98. The van der Waals surface area contributed by atoms with Gasteiger partial charge in [0.2, 0.25) is 0 Å². The Bertz CT molecular complexity index is 560. The summed E-state index contributed by atoms with van der Waals surface area (Å²) in [5, 5.41) is 0.608. The van der Waals surface area contributed by atoms with Crippen LogP contribution in [-0.4, -0.2) is 8.96 Å². The van der Waals surface area contributed by atoms with E-state index in [0.717, 1.165) is 11.1 Å². The van der Waals surface area contributed by atoms with Crippen molar-refractivity contribution in [2.75, 3.05) is 0 Å². The molecule has 0 saturated heterocycles. The summed E-state index contributed by atoms with van der Waals surface area (Å²) in [4.78, 5) is 16.0. The first-order valence-corrected chi connectivity index (χ1v) is 4.69. The van der Waals surface area contributed by atoms with Gasteiger partial charge in [-0.2, -0.15) is 0 Å². The molecule has 0 atom stereocenters. The molecule has 1 aromatic carbocycles. The van der Waals surface area contributed by atoms with Crippen LogP contribution in [0.15, 0.2) is 23.0 Å². The van der Waals surface area contributed by atoms with Gasteiger partial charge in [0.1, 0.15) is 5.82 Å². The third kappa shape index (κ3) is 1.32. The van der Waals surface area contributed by atoms with Crippen LogP contribution >= 0.6 is 12.8 Å². The number of nitrogens with zero attached hydrogens (tertiary/aromatic N) is 2. The Morgan fingerprint density at radius 3 is 2.79 bits per heavy atom. The first-order chi connectivity index (χ1) is 6.59. The van der Waals surface area contributed by atoms with E-state index in [-0.39, 0.29) is 5.56 Å². The van der Waals surface area contributed by atoms with Crippen molar-refractivity contribution in [1.82, 2.24) is 8.96 Å². The van der Waals surface area contributed by atoms with E-state index in [2.05, 4.69) is 17.8 Å². The van der Waals surface area contributed by atoms with E-state index in [9.17, 15) is 4.79 Å². The standard InChI is InChI=1S/C10H10N2OS/c1-6-3-4-8-9(5-6)11-7(2)12(14)10(8)13/h3-5,14H,1-2H3. The SMILES string of the molecule is Cc1ccc2c(=O)n(S)c(C)nc2c1. The van der Waals surface area contributed by atoms with Gasteiger partial charge >= 0.3 is 0 Å². The molecule has 0 unspecified atom stereocenters. The molecule has 0 aliphatic rings. The second-order valence-electron chi connectivity index (χ2n) is 3.30. The summed E-state index contributed by atoms with van der Waals surface area (Å²) in [7, 11) is 0. The molecule has 2 aromatic rings. The lowest BCUT2D eigenvalue weighted by molar-refractivity contribution is 1.01. The van der Waals surface area contributed by atoms with Gasteiger partial charge < -0.3 is 0 Å². The summed E-state index contributed by atoms with van der Waals surface area (Å²) in [5.74, 6) is 0.608. The van der Waals surface area contributed by atoms with E-state index >= 15 is 0 Å². The second-order valence-corrected chi connectivity index (χ2v) is 3.70. The Morgan fingerprint density at radius 1 is 1.36 bits per heavy atom. The molecule has 1 aromatic heterocycles. The highest BCUT2D eigenvalue weighted by atomic mass is 32.1. The predicted molar refractivity (Wildman–Crippen MR) is 59.9 cm³/mol. The number of hydrogen-bond acceptors (Lipinski definition) is 3. The topological polar surface area (TPSA) is 34.9 Å². The van der Waals surface area contributed by atoms with Crippen LogP contribution in [0.3, 0.4) is 0 Å². The minimum absolute atomic E-state index is 0.115. The van der Waals surface area contributed by atoms with Crippen LogP contribution < -0.4 is 5.56 Å². The van der Waals surface area contributed by atoms with Gasteiger partial charge in [0.25, 0.3) is 5.56 Å². The van der Waals surface area contributed by atoms with Crippen molar-refractivity contribution >= 4 is 23.7 Å². The van der Waals surface area contributed by atoms with Crippen LogP contribution in [0, 0.1) is 13.8 Å². The van der Waals surface area contributed by atoms with Crippen molar-refractivity contribution in [3.05, 3.63) is 39.9 Å². The average Bonchev–Trinajstić information content (AvgIpc) is 2.14. The summed E-state index contributed by atoms with van der Waals surface area (Å²) < 4.78 is 1.26. The maximum atomic E-state index is 11.7. The lowest BCUT2D eigenvalue weighted by Gasteiger charge is -2.03. The van der Waals surface area contributed by atoms with Crippen molar-refractivity contribution in [3.63, 3.8) is 0 Å². The molecule has 72 valence electrons. The molecule has 0 radical (unpaired) electrons. The quantitative estimate of drug-likeness (QED) is 0.666. The van der Waals surface area contributed by atoms with Crippen LogP contribution in [0.1, 0.15) is 11.4 Å². The Balaban J connectivity index is 2.98. The van der Waals surface area contributed by atoms with Gasteiger partial charge in [-0.3, -0.25) is 4.79 Å². The minimum Gasteiger partial charge on any atom is -0.268 e. The fraction of sp³-hybridized carbons (Fsp3) is 0.200. The first kappa shape index (κ1) is 9.27. The molecule has 0 saturated carbocycles. The third-order valence-corrected chi connectivity index (χ3v) is 2.64. The number of fused-ring (bicyclic) bond motifs is 1. The molecular weight excluding hydrogens is 196 g/mol. The number of thiol groups is 1. The maximum Gasteiger partial charge on any atom is 0.271 e. The molecule has 0 spiro atoms. The van der Waals surface area contributed by atoms with Crippen molar-refractivity contribution in [3.8, 4) is 0 Å². The van der Waals surface area contributed by atoms with E-state index in [4.69, 9.17) is 0 Å². The highest BCUT2D eigenvalue weighted by Gasteiger charge is 2.04. The van der Waals surface area contributed by atoms with Gasteiger partial charge in [-0.05, 0) is 31.5 Å². The number of rotatable bonds is 0. The summed E-state index contributed by atoms with van der Waals surface area (Å²) >= 11 is 4.05. The maximum absolute atomic E-state index is 11.7.